The Labute approximate surface area is 120 Å². The van der Waals surface area contributed by atoms with Crippen LogP contribution < -0.4 is 5.32 Å². The summed E-state index contributed by atoms with van der Waals surface area (Å²) in [6.45, 7) is 3.95. The first-order valence-electron chi connectivity index (χ1n) is 5.59. The molecule has 1 aromatic carbocycles. The molecule has 2 N–H and O–H groups in total. The summed E-state index contributed by atoms with van der Waals surface area (Å²) in [7, 11) is 0. The highest BCUT2D eigenvalue weighted by Gasteiger charge is 2.05. The third-order valence-corrected chi connectivity index (χ3v) is 3.15. The van der Waals surface area contributed by atoms with Crippen LogP contribution in [0.4, 0.5) is 5.69 Å². The van der Waals surface area contributed by atoms with E-state index in [1.165, 1.54) is 0 Å². The number of hydrogen-bond donors (Lipinski definition) is 2. The maximum atomic E-state index is 11.5. The Morgan fingerprint density at radius 3 is 2.53 bits per heavy atom. The van der Waals surface area contributed by atoms with Crippen molar-refractivity contribution in [2.24, 2.45) is 0 Å². The number of aliphatic carboxylic acids is 1. The number of allylic oxidation sites excluding steroid dienone is 2. The molecule has 0 saturated heterocycles. The van der Waals surface area contributed by atoms with Gasteiger partial charge in [-0.1, -0.05) is 12.1 Å². The minimum absolute atomic E-state index is 0.487. The van der Waals surface area contributed by atoms with Crippen LogP contribution in [0.3, 0.4) is 0 Å². The molecule has 0 spiro atoms. The summed E-state index contributed by atoms with van der Waals surface area (Å²) in [5.41, 5.74) is 2.77. The fourth-order valence-corrected chi connectivity index (χ4v) is 1.83. The van der Waals surface area contributed by atoms with E-state index >= 15 is 0 Å². The molecule has 0 saturated carbocycles. The quantitative estimate of drug-likeness (QED) is 0.834. The smallest absolute Gasteiger partial charge is 0.328 e. The van der Waals surface area contributed by atoms with Gasteiger partial charge in [0.1, 0.15) is 0 Å². The SMILES string of the molecule is CC=C(C)c1ccc(NC(=O)/C=C\C(=O)O)c(Br)c1. The van der Waals surface area contributed by atoms with Gasteiger partial charge in [-0.05, 0) is 53.0 Å². The maximum absolute atomic E-state index is 11.5. The second kappa shape index (κ2) is 6.89. The Hall–Kier alpha value is -1.88. The number of anilines is 1. The standard InChI is InChI=1S/C14H14BrNO3/c1-3-9(2)10-4-5-12(11(15)8-10)16-13(17)6-7-14(18)19/h3-8H,1-2H3,(H,16,17)(H,18,19)/b7-6-,9-3?. The van der Waals surface area contributed by atoms with E-state index in [-0.39, 0.29) is 0 Å². The number of carbonyl (C=O) groups excluding carboxylic acids is 1. The van der Waals surface area contributed by atoms with Gasteiger partial charge in [0.2, 0.25) is 5.91 Å². The zero-order valence-electron chi connectivity index (χ0n) is 10.6. The van der Waals surface area contributed by atoms with Crippen LogP contribution in [-0.2, 0) is 9.59 Å². The minimum atomic E-state index is -1.16. The number of carboxylic acid groups (broad SMARTS) is 1. The topological polar surface area (TPSA) is 66.4 Å². The molecule has 0 heterocycles. The molecule has 0 fully saturated rings. The Balaban J connectivity index is 2.86. The normalized spacial score (nSPS) is 11.6. The van der Waals surface area contributed by atoms with Gasteiger partial charge < -0.3 is 10.4 Å². The van der Waals surface area contributed by atoms with Gasteiger partial charge in [-0.2, -0.15) is 0 Å². The number of halogens is 1. The van der Waals surface area contributed by atoms with Crippen LogP contribution in [0.25, 0.3) is 5.57 Å². The first-order chi connectivity index (χ1) is 8.93. The zero-order chi connectivity index (χ0) is 14.4. The van der Waals surface area contributed by atoms with Crippen LogP contribution >= 0.6 is 15.9 Å². The lowest BCUT2D eigenvalue weighted by Gasteiger charge is -2.08. The van der Waals surface area contributed by atoms with Crippen molar-refractivity contribution in [1.82, 2.24) is 0 Å². The van der Waals surface area contributed by atoms with Crippen molar-refractivity contribution in [3.05, 3.63) is 46.5 Å². The van der Waals surface area contributed by atoms with E-state index in [0.29, 0.717) is 5.69 Å². The molecular formula is C14H14BrNO3. The van der Waals surface area contributed by atoms with Gasteiger partial charge in [0.05, 0.1) is 5.69 Å². The van der Waals surface area contributed by atoms with E-state index in [9.17, 15) is 9.59 Å². The predicted octanol–water partition coefficient (Wildman–Crippen LogP) is 3.45. The summed E-state index contributed by atoms with van der Waals surface area (Å²) in [5.74, 6) is -1.65. The molecule has 1 amide bonds. The van der Waals surface area contributed by atoms with Gasteiger partial charge in [-0.3, -0.25) is 4.79 Å². The van der Waals surface area contributed by atoms with Crippen LogP contribution in [0.1, 0.15) is 19.4 Å². The van der Waals surface area contributed by atoms with Crippen molar-refractivity contribution in [1.29, 1.82) is 0 Å². The lowest BCUT2D eigenvalue weighted by atomic mass is 10.1. The highest BCUT2D eigenvalue weighted by Crippen LogP contribution is 2.26. The van der Waals surface area contributed by atoms with E-state index in [1.807, 2.05) is 32.1 Å². The highest BCUT2D eigenvalue weighted by atomic mass is 79.9. The van der Waals surface area contributed by atoms with Gasteiger partial charge >= 0.3 is 5.97 Å². The molecule has 0 aromatic heterocycles. The number of hydrogen-bond acceptors (Lipinski definition) is 2. The molecular weight excluding hydrogens is 310 g/mol. The minimum Gasteiger partial charge on any atom is -0.478 e. The van der Waals surface area contributed by atoms with E-state index in [0.717, 1.165) is 27.8 Å². The second-order valence-corrected chi connectivity index (χ2v) is 4.68. The Kier molecular flexibility index (Phi) is 5.51. The average molecular weight is 324 g/mol. The van der Waals surface area contributed by atoms with E-state index < -0.39 is 11.9 Å². The second-order valence-electron chi connectivity index (χ2n) is 3.83. The van der Waals surface area contributed by atoms with Gasteiger partial charge in [0.15, 0.2) is 0 Å². The number of nitrogens with one attached hydrogen (secondary N) is 1. The third kappa shape index (κ3) is 4.71. The van der Waals surface area contributed by atoms with Crippen molar-refractivity contribution in [2.45, 2.75) is 13.8 Å². The molecule has 100 valence electrons. The molecule has 0 aliphatic rings. The number of benzene rings is 1. The number of carbonyl (C=O) groups is 2. The fraction of sp³-hybridized carbons (Fsp3) is 0.143. The summed E-state index contributed by atoms with van der Waals surface area (Å²) >= 11 is 3.37. The largest absolute Gasteiger partial charge is 0.478 e. The number of rotatable bonds is 4. The monoisotopic (exact) mass is 323 g/mol. The maximum Gasteiger partial charge on any atom is 0.328 e. The number of amides is 1. The van der Waals surface area contributed by atoms with Crippen LogP contribution in [0.5, 0.6) is 0 Å². The van der Waals surface area contributed by atoms with Crippen molar-refractivity contribution in [3.8, 4) is 0 Å². The molecule has 0 atom stereocenters. The van der Waals surface area contributed by atoms with Crippen LogP contribution in [0, 0.1) is 0 Å². The molecule has 4 nitrogen and oxygen atoms in total. The predicted molar refractivity (Wildman–Crippen MR) is 78.9 cm³/mol. The molecule has 19 heavy (non-hydrogen) atoms. The van der Waals surface area contributed by atoms with Crippen molar-refractivity contribution in [2.75, 3.05) is 5.32 Å². The Morgan fingerprint density at radius 1 is 1.32 bits per heavy atom. The van der Waals surface area contributed by atoms with Crippen molar-refractivity contribution in [3.63, 3.8) is 0 Å². The van der Waals surface area contributed by atoms with Crippen LogP contribution in [0.15, 0.2) is 40.9 Å². The lowest BCUT2D eigenvalue weighted by Crippen LogP contribution is -2.09. The Morgan fingerprint density at radius 2 is 2.00 bits per heavy atom. The molecule has 0 unspecified atom stereocenters. The van der Waals surface area contributed by atoms with Gasteiger partial charge in [-0.15, -0.1) is 0 Å². The summed E-state index contributed by atoms with van der Waals surface area (Å²) in [5, 5.41) is 11.0. The first kappa shape index (κ1) is 15.2. The molecule has 1 aromatic rings. The van der Waals surface area contributed by atoms with Crippen LogP contribution in [-0.4, -0.2) is 17.0 Å². The lowest BCUT2D eigenvalue weighted by molar-refractivity contribution is -0.131. The molecule has 5 heteroatoms. The van der Waals surface area contributed by atoms with Gasteiger partial charge in [0.25, 0.3) is 0 Å². The molecule has 1 rings (SSSR count). The molecule has 0 bridgehead atoms. The summed E-state index contributed by atoms with van der Waals surface area (Å²) < 4.78 is 0.739. The van der Waals surface area contributed by atoms with E-state index in [1.54, 1.807) is 6.07 Å². The zero-order valence-corrected chi connectivity index (χ0v) is 12.2. The molecule has 0 aliphatic heterocycles. The summed E-state index contributed by atoms with van der Waals surface area (Å²) in [6, 6.07) is 5.54. The molecule has 0 radical (unpaired) electrons. The first-order valence-corrected chi connectivity index (χ1v) is 6.38. The average Bonchev–Trinajstić information content (AvgIpc) is 2.37. The molecule has 0 aliphatic carbocycles. The fourth-order valence-electron chi connectivity index (χ4n) is 1.35. The van der Waals surface area contributed by atoms with Crippen molar-refractivity contribution < 1.29 is 14.7 Å². The Bertz CT molecular complexity index is 562. The van der Waals surface area contributed by atoms with E-state index in [2.05, 4.69) is 21.2 Å². The van der Waals surface area contributed by atoms with E-state index in [4.69, 9.17) is 5.11 Å². The highest BCUT2D eigenvalue weighted by molar-refractivity contribution is 9.10. The van der Waals surface area contributed by atoms with Gasteiger partial charge in [0, 0.05) is 16.6 Å². The van der Waals surface area contributed by atoms with Gasteiger partial charge in [-0.25, -0.2) is 4.79 Å². The summed E-state index contributed by atoms with van der Waals surface area (Å²) in [6.07, 6.45) is 3.76. The third-order valence-electron chi connectivity index (χ3n) is 2.49. The summed E-state index contributed by atoms with van der Waals surface area (Å²) in [4.78, 5) is 21.7. The van der Waals surface area contributed by atoms with Crippen molar-refractivity contribution >= 4 is 39.1 Å². The number of carboxylic acids is 1. The van der Waals surface area contributed by atoms with Crippen LogP contribution in [0.2, 0.25) is 0 Å².